The molecule has 5 heteroatoms. The highest BCUT2D eigenvalue weighted by Crippen LogP contribution is 2.28. The Bertz CT molecular complexity index is 821. The third-order valence-electron chi connectivity index (χ3n) is 5.58. The molecule has 0 saturated heterocycles. The van der Waals surface area contributed by atoms with Gasteiger partial charge in [0.05, 0.1) is 0 Å². The molecule has 1 saturated carbocycles. The Morgan fingerprint density at radius 2 is 2.00 bits per heavy atom. The van der Waals surface area contributed by atoms with Gasteiger partial charge in [-0.25, -0.2) is 0 Å². The Labute approximate surface area is 184 Å². The second-order valence-corrected chi connectivity index (χ2v) is 8.29. The zero-order valence-corrected chi connectivity index (χ0v) is 18.1. The first kappa shape index (κ1) is 23.0. The lowest BCUT2D eigenvalue weighted by Crippen LogP contribution is -2.24. The Kier molecular flexibility index (Phi) is 9.10. The van der Waals surface area contributed by atoms with Gasteiger partial charge in [0.1, 0.15) is 18.5 Å². The Morgan fingerprint density at radius 3 is 2.77 bits per heavy atom. The van der Waals surface area contributed by atoms with E-state index >= 15 is 0 Å². The second kappa shape index (κ2) is 12.3. The molecule has 0 unspecified atom stereocenters. The van der Waals surface area contributed by atoms with Gasteiger partial charge in [-0.1, -0.05) is 42.5 Å². The van der Waals surface area contributed by atoms with Gasteiger partial charge in [0.15, 0.2) is 5.78 Å². The number of carbonyl (C=O) groups is 2. The van der Waals surface area contributed by atoms with Crippen LogP contribution in [0.25, 0.3) is 0 Å². The van der Waals surface area contributed by atoms with E-state index in [0.717, 1.165) is 36.3 Å². The summed E-state index contributed by atoms with van der Waals surface area (Å²) in [5.41, 5.74) is 1.82. The zero-order chi connectivity index (χ0) is 21.9. The fourth-order valence-electron chi connectivity index (χ4n) is 3.51. The number of amides is 1. The number of ether oxygens (including phenoxy) is 1. The smallest absolute Gasteiger partial charge is 0.220 e. The van der Waals surface area contributed by atoms with E-state index in [2.05, 4.69) is 11.4 Å². The summed E-state index contributed by atoms with van der Waals surface area (Å²) >= 11 is 0. The fourth-order valence-corrected chi connectivity index (χ4v) is 3.51. The van der Waals surface area contributed by atoms with Crippen LogP contribution in [0.2, 0.25) is 0 Å². The van der Waals surface area contributed by atoms with E-state index < -0.39 is 6.10 Å². The molecule has 1 amide bonds. The third kappa shape index (κ3) is 8.54. The van der Waals surface area contributed by atoms with Gasteiger partial charge in [0.25, 0.3) is 0 Å². The number of ketones is 1. The number of rotatable bonds is 13. The summed E-state index contributed by atoms with van der Waals surface area (Å²) in [5, 5.41) is 13.1. The van der Waals surface area contributed by atoms with Gasteiger partial charge in [-0.3, -0.25) is 9.59 Å². The molecule has 3 rings (SSSR count). The highest BCUT2D eigenvalue weighted by Gasteiger charge is 2.21. The summed E-state index contributed by atoms with van der Waals surface area (Å²) in [4.78, 5) is 23.9. The van der Waals surface area contributed by atoms with E-state index in [1.165, 1.54) is 12.8 Å². The molecule has 1 atom stereocenters. The molecule has 166 valence electrons. The number of aliphatic hydroxyl groups is 1. The lowest BCUT2D eigenvalue weighted by molar-refractivity contribution is -0.121. The normalized spacial score (nSPS) is 17.6. The van der Waals surface area contributed by atoms with Crippen molar-refractivity contribution in [2.24, 2.45) is 5.92 Å². The van der Waals surface area contributed by atoms with Gasteiger partial charge in [-0.2, -0.15) is 0 Å². The summed E-state index contributed by atoms with van der Waals surface area (Å²) in [5.74, 6) is 1.74. The predicted molar refractivity (Wildman–Crippen MR) is 122 cm³/mol. The molecule has 2 N–H and O–H groups in total. The van der Waals surface area contributed by atoms with Gasteiger partial charge in [-0.05, 0) is 62.1 Å². The van der Waals surface area contributed by atoms with Gasteiger partial charge in [0.2, 0.25) is 5.91 Å². The molecule has 31 heavy (non-hydrogen) atoms. The standard InChI is InChI=1S/C26H33NO4/c28-22(19-31-23-8-4-3-5-9-23)16-14-21-15-17-25(29)24(21)10-6-1-2-7-11-26(30)27-18-20-12-13-20/h1,3-6,8-9,14,16,20,22,28H,2,7,10-13,15,17-19H2,(H,27,30)/t22-/m1/s1. The Morgan fingerprint density at radius 1 is 1.19 bits per heavy atom. The van der Waals surface area contributed by atoms with Crippen LogP contribution in [0.4, 0.5) is 0 Å². The predicted octanol–water partition coefficient (Wildman–Crippen LogP) is 4.28. The minimum Gasteiger partial charge on any atom is -0.491 e. The molecule has 2 aliphatic rings. The largest absolute Gasteiger partial charge is 0.491 e. The van der Waals surface area contributed by atoms with E-state index in [1.54, 1.807) is 6.08 Å². The zero-order valence-electron chi connectivity index (χ0n) is 18.1. The lowest BCUT2D eigenvalue weighted by Gasteiger charge is -2.09. The van der Waals surface area contributed by atoms with Crippen molar-refractivity contribution in [2.75, 3.05) is 13.2 Å². The summed E-state index contributed by atoms with van der Waals surface area (Å²) in [7, 11) is 0. The van der Waals surface area contributed by atoms with Crippen LogP contribution >= 0.6 is 0 Å². The first-order valence-corrected chi connectivity index (χ1v) is 11.3. The molecule has 0 aromatic heterocycles. The molecular formula is C26H33NO4. The van der Waals surface area contributed by atoms with Crippen LogP contribution in [-0.2, 0) is 9.59 Å². The molecule has 1 aromatic rings. The quantitative estimate of drug-likeness (QED) is 0.367. The van der Waals surface area contributed by atoms with Crippen molar-refractivity contribution in [3.8, 4) is 5.75 Å². The molecule has 2 aliphatic carbocycles. The third-order valence-corrected chi connectivity index (χ3v) is 5.58. The van der Waals surface area contributed by atoms with E-state index in [9.17, 15) is 14.7 Å². The second-order valence-electron chi connectivity index (χ2n) is 8.29. The number of carbonyl (C=O) groups excluding carboxylic acids is 2. The fraction of sp³-hybridized carbons (Fsp3) is 0.462. The van der Waals surface area contributed by atoms with Crippen molar-refractivity contribution in [3.05, 3.63) is 65.8 Å². The van der Waals surface area contributed by atoms with Gasteiger partial charge < -0.3 is 15.2 Å². The van der Waals surface area contributed by atoms with Crippen LogP contribution in [-0.4, -0.2) is 36.1 Å². The Hall–Kier alpha value is -2.66. The van der Waals surface area contributed by atoms with Crippen molar-refractivity contribution >= 4 is 11.7 Å². The number of hydrogen-bond acceptors (Lipinski definition) is 4. The van der Waals surface area contributed by atoms with Crippen LogP contribution in [0, 0.1) is 5.92 Å². The number of allylic oxidation sites excluding steroid dienone is 5. The molecule has 5 nitrogen and oxygen atoms in total. The summed E-state index contributed by atoms with van der Waals surface area (Å²) in [6, 6.07) is 9.38. The van der Waals surface area contributed by atoms with Crippen LogP contribution in [0.15, 0.2) is 65.8 Å². The maximum Gasteiger partial charge on any atom is 0.220 e. The average molecular weight is 424 g/mol. The molecule has 0 bridgehead atoms. The molecular weight excluding hydrogens is 390 g/mol. The molecule has 0 aliphatic heterocycles. The van der Waals surface area contributed by atoms with E-state index in [1.807, 2.05) is 42.5 Å². The van der Waals surface area contributed by atoms with Crippen molar-refractivity contribution < 1.29 is 19.4 Å². The highest BCUT2D eigenvalue weighted by atomic mass is 16.5. The Balaban J connectivity index is 1.38. The number of unbranched alkanes of at least 4 members (excludes halogenated alkanes) is 1. The van der Waals surface area contributed by atoms with Crippen LogP contribution in [0.5, 0.6) is 5.75 Å². The molecule has 0 heterocycles. The van der Waals surface area contributed by atoms with Crippen LogP contribution in [0.3, 0.4) is 0 Å². The van der Waals surface area contributed by atoms with Crippen molar-refractivity contribution in [1.29, 1.82) is 0 Å². The minimum atomic E-state index is -0.730. The lowest BCUT2D eigenvalue weighted by atomic mass is 10.1. The molecule has 0 radical (unpaired) electrons. The van der Waals surface area contributed by atoms with Gasteiger partial charge >= 0.3 is 0 Å². The number of nitrogens with one attached hydrogen (secondary N) is 1. The van der Waals surface area contributed by atoms with Crippen LogP contribution in [0.1, 0.15) is 51.4 Å². The van der Waals surface area contributed by atoms with E-state index in [4.69, 9.17) is 4.74 Å². The average Bonchev–Trinajstić information content (AvgIpc) is 3.55. The van der Waals surface area contributed by atoms with Crippen LogP contribution < -0.4 is 10.1 Å². The van der Waals surface area contributed by atoms with E-state index in [-0.39, 0.29) is 18.3 Å². The van der Waals surface area contributed by atoms with E-state index in [0.29, 0.717) is 31.6 Å². The molecule has 0 spiro atoms. The van der Waals surface area contributed by atoms with Crippen molar-refractivity contribution in [1.82, 2.24) is 5.32 Å². The maximum absolute atomic E-state index is 12.2. The summed E-state index contributed by atoms with van der Waals surface area (Å²) in [6.45, 7) is 1.000. The number of hydrogen-bond donors (Lipinski definition) is 2. The minimum absolute atomic E-state index is 0.135. The van der Waals surface area contributed by atoms with Crippen molar-refractivity contribution in [2.45, 2.75) is 57.5 Å². The molecule has 1 fully saturated rings. The first-order chi connectivity index (χ1) is 15.1. The number of para-hydroxylation sites is 1. The monoisotopic (exact) mass is 423 g/mol. The summed E-state index contributed by atoms with van der Waals surface area (Å²) < 4.78 is 5.56. The highest BCUT2D eigenvalue weighted by molar-refractivity contribution is 5.99. The first-order valence-electron chi connectivity index (χ1n) is 11.3. The molecule has 1 aromatic carbocycles. The number of aliphatic hydroxyl groups excluding tert-OH is 1. The number of Topliss-reactive ketones (excluding diaryl/α,β-unsaturated/α-hetero) is 1. The number of benzene rings is 1. The van der Waals surface area contributed by atoms with Gasteiger partial charge in [0, 0.05) is 25.0 Å². The topological polar surface area (TPSA) is 75.6 Å². The SMILES string of the molecule is O=C(CCCC=CCC1=C(C=C[C@@H](O)COc2ccccc2)CCC1=O)NCC1CC1. The van der Waals surface area contributed by atoms with Crippen molar-refractivity contribution in [3.63, 3.8) is 0 Å². The van der Waals surface area contributed by atoms with Gasteiger partial charge in [-0.15, -0.1) is 0 Å². The summed E-state index contributed by atoms with van der Waals surface area (Å²) in [6.07, 6.45) is 13.4. The maximum atomic E-state index is 12.2.